The number of thioether (sulfide) groups is 1. The van der Waals surface area contributed by atoms with E-state index >= 15 is 0 Å². The standard InChI is InChI=1S/C15H26N2O3S2.ClH/c16-12-6-10-2-1-3-11(7-12)15(10)17-14(18)8-21-13-4-5-22(19,20)9-13;/h10-13,15H,1-9,16H2,(H,17,18);1H. The second kappa shape index (κ2) is 7.93. The molecule has 1 aliphatic heterocycles. The van der Waals surface area contributed by atoms with Crippen LogP contribution in [-0.2, 0) is 14.6 Å². The van der Waals surface area contributed by atoms with Crippen LogP contribution < -0.4 is 11.1 Å². The minimum Gasteiger partial charge on any atom is -0.352 e. The van der Waals surface area contributed by atoms with Crippen LogP contribution in [0.25, 0.3) is 0 Å². The molecule has 0 aromatic heterocycles. The van der Waals surface area contributed by atoms with E-state index < -0.39 is 9.84 Å². The summed E-state index contributed by atoms with van der Waals surface area (Å²) in [6.45, 7) is 0. The Morgan fingerprint density at radius 1 is 1.17 bits per heavy atom. The van der Waals surface area contributed by atoms with E-state index in [1.54, 1.807) is 0 Å². The van der Waals surface area contributed by atoms with Crippen LogP contribution in [0.1, 0.15) is 38.5 Å². The SMILES string of the molecule is Cl.NC1CC2CCCC(C1)C2NC(=O)CSC1CCS(=O)(=O)C1. The molecule has 3 rings (SSSR count). The third kappa shape index (κ3) is 5.00. The number of nitrogens with one attached hydrogen (secondary N) is 1. The lowest BCUT2D eigenvalue weighted by Gasteiger charge is -2.45. The van der Waals surface area contributed by atoms with Crippen molar-refractivity contribution in [1.82, 2.24) is 5.32 Å². The lowest BCUT2D eigenvalue weighted by molar-refractivity contribution is -0.120. The van der Waals surface area contributed by atoms with Crippen LogP contribution >= 0.6 is 24.2 Å². The van der Waals surface area contributed by atoms with Crippen LogP contribution in [-0.4, -0.2) is 48.9 Å². The smallest absolute Gasteiger partial charge is 0.230 e. The van der Waals surface area contributed by atoms with Crippen molar-refractivity contribution >= 4 is 39.9 Å². The monoisotopic (exact) mass is 382 g/mol. The van der Waals surface area contributed by atoms with Crippen molar-refractivity contribution in [1.29, 1.82) is 0 Å². The van der Waals surface area contributed by atoms with E-state index in [9.17, 15) is 13.2 Å². The third-order valence-electron chi connectivity index (χ3n) is 5.35. The molecule has 0 aromatic rings. The fraction of sp³-hybridized carbons (Fsp3) is 0.933. The van der Waals surface area contributed by atoms with Gasteiger partial charge in [0.25, 0.3) is 0 Å². The summed E-state index contributed by atoms with van der Waals surface area (Å²) in [7, 11) is -2.86. The zero-order valence-electron chi connectivity index (χ0n) is 13.3. The van der Waals surface area contributed by atoms with Crippen molar-refractivity contribution < 1.29 is 13.2 Å². The molecule has 3 N–H and O–H groups in total. The lowest BCUT2D eigenvalue weighted by Crippen LogP contribution is -2.54. The summed E-state index contributed by atoms with van der Waals surface area (Å²) in [6, 6.07) is 0.579. The van der Waals surface area contributed by atoms with Crippen LogP contribution in [0.5, 0.6) is 0 Å². The first-order valence-corrected chi connectivity index (χ1v) is 11.2. The maximum Gasteiger partial charge on any atom is 0.230 e. The molecule has 2 aliphatic carbocycles. The minimum atomic E-state index is -2.86. The van der Waals surface area contributed by atoms with Crippen molar-refractivity contribution in [3.8, 4) is 0 Å². The number of carbonyl (C=O) groups excluding carboxylic acids is 1. The largest absolute Gasteiger partial charge is 0.352 e. The topological polar surface area (TPSA) is 89.3 Å². The molecule has 5 nitrogen and oxygen atoms in total. The molecular formula is C15H27ClN2O3S2. The van der Waals surface area contributed by atoms with E-state index in [4.69, 9.17) is 5.73 Å². The van der Waals surface area contributed by atoms with Gasteiger partial charge >= 0.3 is 0 Å². The zero-order chi connectivity index (χ0) is 15.7. The Kier molecular flexibility index (Phi) is 6.67. The number of amides is 1. The molecule has 2 bridgehead atoms. The van der Waals surface area contributed by atoms with Crippen molar-refractivity contribution in [2.45, 2.75) is 55.9 Å². The van der Waals surface area contributed by atoms with Crippen molar-refractivity contribution in [2.75, 3.05) is 17.3 Å². The molecule has 1 amide bonds. The normalized spacial score (nSPS) is 38.6. The van der Waals surface area contributed by atoms with E-state index in [1.807, 2.05) is 0 Å². The third-order valence-corrected chi connectivity index (χ3v) is 8.63. The highest BCUT2D eigenvalue weighted by molar-refractivity contribution is 8.02. The van der Waals surface area contributed by atoms with Crippen molar-refractivity contribution in [3.05, 3.63) is 0 Å². The van der Waals surface area contributed by atoms with Crippen LogP contribution in [0.3, 0.4) is 0 Å². The number of rotatable bonds is 4. The maximum absolute atomic E-state index is 12.2. The quantitative estimate of drug-likeness (QED) is 0.766. The maximum atomic E-state index is 12.2. The Balaban J connectivity index is 0.00000192. The average Bonchev–Trinajstić information content (AvgIpc) is 2.77. The first-order valence-electron chi connectivity index (χ1n) is 8.30. The van der Waals surface area contributed by atoms with Gasteiger partial charge in [0.1, 0.15) is 0 Å². The van der Waals surface area contributed by atoms with Gasteiger partial charge in [-0.1, -0.05) is 6.42 Å². The Morgan fingerprint density at radius 2 is 1.83 bits per heavy atom. The predicted molar refractivity (Wildman–Crippen MR) is 96.7 cm³/mol. The first-order chi connectivity index (χ1) is 10.4. The molecule has 23 heavy (non-hydrogen) atoms. The van der Waals surface area contributed by atoms with Gasteiger partial charge in [0.15, 0.2) is 9.84 Å². The molecular weight excluding hydrogens is 356 g/mol. The number of hydrogen-bond donors (Lipinski definition) is 2. The van der Waals surface area contributed by atoms with Crippen molar-refractivity contribution in [3.63, 3.8) is 0 Å². The highest BCUT2D eigenvalue weighted by Gasteiger charge is 2.40. The van der Waals surface area contributed by atoms with Crippen molar-refractivity contribution in [2.24, 2.45) is 17.6 Å². The van der Waals surface area contributed by atoms with E-state index in [0.717, 1.165) is 12.8 Å². The van der Waals surface area contributed by atoms with Gasteiger partial charge < -0.3 is 11.1 Å². The molecule has 3 aliphatic rings. The van der Waals surface area contributed by atoms with E-state index in [2.05, 4.69) is 5.32 Å². The molecule has 3 atom stereocenters. The predicted octanol–water partition coefficient (Wildman–Crippen LogP) is 1.35. The minimum absolute atomic E-state index is 0. The number of sulfone groups is 1. The van der Waals surface area contributed by atoms with Crippen LogP contribution in [0.4, 0.5) is 0 Å². The molecule has 3 unspecified atom stereocenters. The fourth-order valence-corrected chi connectivity index (χ4v) is 7.79. The highest BCUT2D eigenvalue weighted by Crippen LogP contribution is 2.39. The summed E-state index contributed by atoms with van der Waals surface area (Å²) in [5.41, 5.74) is 6.11. The zero-order valence-corrected chi connectivity index (χ0v) is 15.7. The highest BCUT2D eigenvalue weighted by atomic mass is 35.5. The van der Waals surface area contributed by atoms with E-state index in [0.29, 0.717) is 30.1 Å². The molecule has 8 heteroatoms. The lowest BCUT2D eigenvalue weighted by atomic mass is 9.67. The molecule has 134 valence electrons. The molecule has 3 fully saturated rings. The Morgan fingerprint density at radius 3 is 2.39 bits per heavy atom. The molecule has 2 saturated carbocycles. The second-order valence-electron chi connectivity index (χ2n) is 7.11. The first kappa shape index (κ1) is 19.3. The van der Waals surface area contributed by atoms with Crippen LogP contribution in [0.2, 0.25) is 0 Å². The summed E-state index contributed by atoms with van der Waals surface area (Å²) >= 11 is 1.50. The number of carbonyl (C=O) groups is 1. The summed E-state index contributed by atoms with van der Waals surface area (Å²) in [5, 5.41) is 3.31. The second-order valence-corrected chi connectivity index (χ2v) is 10.6. The summed E-state index contributed by atoms with van der Waals surface area (Å²) in [4.78, 5) is 12.2. The summed E-state index contributed by atoms with van der Waals surface area (Å²) in [6.07, 6.45) is 6.32. The number of nitrogens with two attached hydrogens (primary N) is 1. The van der Waals surface area contributed by atoms with Gasteiger partial charge in [0, 0.05) is 17.3 Å². The van der Waals surface area contributed by atoms with Gasteiger partial charge in [0.2, 0.25) is 5.91 Å². The number of halogens is 1. The molecule has 1 heterocycles. The van der Waals surface area contributed by atoms with Gasteiger partial charge in [-0.2, -0.15) is 0 Å². The molecule has 0 radical (unpaired) electrons. The van der Waals surface area contributed by atoms with Gasteiger partial charge in [-0.3, -0.25) is 4.79 Å². The van der Waals surface area contributed by atoms with E-state index in [-0.39, 0.29) is 41.1 Å². The van der Waals surface area contributed by atoms with E-state index in [1.165, 1.54) is 31.0 Å². The Hall–Kier alpha value is 0.0200. The molecule has 0 spiro atoms. The van der Waals surface area contributed by atoms with Gasteiger partial charge in [-0.15, -0.1) is 24.2 Å². The summed E-state index contributed by atoms with van der Waals surface area (Å²) < 4.78 is 22.9. The average molecular weight is 383 g/mol. The van der Waals surface area contributed by atoms with Gasteiger partial charge in [-0.25, -0.2) is 8.42 Å². The number of hydrogen-bond acceptors (Lipinski definition) is 5. The molecule has 1 saturated heterocycles. The number of fused-ring (bicyclic) bond motifs is 2. The Labute approximate surface area is 149 Å². The van der Waals surface area contributed by atoms with Gasteiger partial charge in [-0.05, 0) is 43.9 Å². The van der Waals surface area contributed by atoms with Crippen LogP contribution in [0, 0.1) is 11.8 Å². The van der Waals surface area contributed by atoms with Crippen LogP contribution in [0.15, 0.2) is 0 Å². The molecule has 0 aromatic carbocycles. The Bertz CT molecular complexity index is 515. The fourth-order valence-electron chi connectivity index (χ4n) is 4.34. The van der Waals surface area contributed by atoms with Gasteiger partial charge in [0.05, 0.1) is 17.3 Å². The summed E-state index contributed by atoms with van der Waals surface area (Å²) in [5.74, 6) is 2.01.